The monoisotopic (exact) mass is 346 g/mol. The van der Waals surface area contributed by atoms with Gasteiger partial charge in [0.25, 0.3) is 5.91 Å². The molecule has 0 aliphatic rings. The van der Waals surface area contributed by atoms with Crippen LogP contribution in [0.15, 0.2) is 41.5 Å². The molecule has 0 heterocycles. The molecule has 126 valence electrons. The van der Waals surface area contributed by atoms with Crippen molar-refractivity contribution in [2.45, 2.75) is 13.8 Å². The highest BCUT2D eigenvalue weighted by Gasteiger charge is 2.09. The number of halogens is 1. The molecule has 0 spiro atoms. The highest BCUT2D eigenvalue weighted by molar-refractivity contribution is 6.33. The third-order valence-corrected chi connectivity index (χ3v) is 3.55. The molecule has 2 aromatic carbocycles. The highest BCUT2D eigenvalue weighted by Crippen LogP contribution is 2.27. The summed E-state index contributed by atoms with van der Waals surface area (Å²) in [5.74, 6) is 0.899. The second-order valence-corrected chi connectivity index (χ2v) is 5.43. The zero-order valence-electron chi connectivity index (χ0n) is 13.8. The van der Waals surface area contributed by atoms with Crippen LogP contribution < -0.4 is 14.9 Å². The SMILES string of the molecule is CCOc1ccc(/C=N/NC(=O)c2ccc(C)cc2Cl)cc1OC. The molecule has 0 fully saturated rings. The van der Waals surface area contributed by atoms with Gasteiger partial charge in [-0.05, 0) is 55.3 Å². The van der Waals surface area contributed by atoms with Gasteiger partial charge in [-0.2, -0.15) is 5.10 Å². The van der Waals surface area contributed by atoms with Gasteiger partial charge in [-0.1, -0.05) is 17.7 Å². The van der Waals surface area contributed by atoms with Gasteiger partial charge in [0.05, 0.1) is 30.5 Å². The summed E-state index contributed by atoms with van der Waals surface area (Å²) in [6.07, 6.45) is 1.53. The van der Waals surface area contributed by atoms with Crippen LogP contribution in [0.3, 0.4) is 0 Å². The second kappa shape index (κ2) is 8.36. The van der Waals surface area contributed by atoms with E-state index >= 15 is 0 Å². The van der Waals surface area contributed by atoms with Crippen LogP contribution in [-0.4, -0.2) is 25.8 Å². The summed E-state index contributed by atoms with van der Waals surface area (Å²) in [5, 5.41) is 4.35. The van der Waals surface area contributed by atoms with Crippen LogP contribution in [0.2, 0.25) is 5.02 Å². The van der Waals surface area contributed by atoms with Crippen molar-refractivity contribution in [3.05, 3.63) is 58.1 Å². The molecule has 0 saturated carbocycles. The van der Waals surface area contributed by atoms with Crippen LogP contribution in [-0.2, 0) is 0 Å². The zero-order chi connectivity index (χ0) is 17.5. The van der Waals surface area contributed by atoms with E-state index in [1.807, 2.05) is 26.0 Å². The number of aryl methyl sites for hydroxylation is 1. The van der Waals surface area contributed by atoms with Gasteiger partial charge in [0.2, 0.25) is 0 Å². The Balaban J connectivity index is 2.07. The van der Waals surface area contributed by atoms with Gasteiger partial charge >= 0.3 is 0 Å². The van der Waals surface area contributed by atoms with E-state index in [9.17, 15) is 4.79 Å². The minimum Gasteiger partial charge on any atom is -0.493 e. The molecule has 0 aromatic heterocycles. The van der Waals surface area contributed by atoms with E-state index in [0.29, 0.717) is 28.7 Å². The summed E-state index contributed by atoms with van der Waals surface area (Å²) >= 11 is 6.06. The van der Waals surface area contributed by atoms with Crippen molar-refractivity contribution < 1.29 is 14.3 Å². The van der Waals surface area contributed by atoms with Crippen molar-refractivity contribution in [2.24, 2.45) is 5.10 Å². The molecule has 0 radical (unpaired) electrons. The van der Waals surface area contributed by atoms with Crippen molar-refractivity contribution in [1.82, 2.24) is 5.43 Å². The molecule has 6 heteroatoms. The highest BCUT2D eigenvalue weighted by atomic mass is 35.5. The molecule has 2 rings (SSSR count). The average Bonchev–Trinajstić information content (AvgIpc) is 2.56. The van der Waals surface area contributed by atoms with Crippen LogP contribution in [0, 0.1) is 6.92 Å². The third kappa shape index (κ3) is 4.49. The first-order chi connectivity index (χ1) is 11.5. The molecule has 0 aliphatic heterocycles. The average molecular weight is 347 g/mol. The molecule has 0 saturated heterocycles. The number of hydrogen-bond acceptors (Lipinski definition) is 4. The normalized spacial score (nSPS) is 10.7. The fraction of sp³-hybridized carbons (Fsp3) is 0.222. The van der Waals surface area contributed by atoms with Gasteiger partial charge in [-0.15, -0.1) is 0 Å². The van der Waals surface area contributed by atoms with Crippen molar-refractivity contribution in [2.75, 3.05) is 13.7 Å². The first kappa shape index (κ1) is 17.8. The Labute approximate surface area is 146 Å². The molecule has 0 bridgehead atoms. The largest absolute Gasteiger partial charge is 0.493 e. The predicted octanol–water partition coefficient (Wildman–Crippen LogP) is 3.82. The fourth-order valence-electron chi connectivity index (χ4n) is 2.07. The minimum absolute atomic E-state index is 0.367. The summed E-state index contributed by atoms with van der Waals surface area (Å²) in [6.45, 7) is 4.36. The van der Waals surface area contributed by atoms with E-state index in [2.05, 4.69) is 10.5 Å². The number of benzene rings is 2. The Morgan fingerprint density at radius 2 is 2.04 bits per heavy atom. The van der Waals surface area contributed by atoms with E-state index in [4.69, 9.17) is 21.1 Å². The third-order valence-electron chi connectivity index (χ3n) is 3.24. The summed E-state index contributed by atoms with van der Waals surface area (Å²) in [7, 11) is 1.57. The number of methoxy groups -OCH3 is 1. The molecule has 1 amide bonds. The number of carbonyl (C=O) groups excluding carboxylic acids is 1. The maximum absolute atomic E-state index is 12.1. The maximum Gasteiger partial charge on any atom is 0.272 e. The number of ether oxygens (including phenoxy) is 2. The molecule has 5 nitrogen and oxygen atoms in total. The van der Waals surface area contributed by atoms with Crippen molar-refractivity contribution in [1.29, 1.82) is 0 Å². The summed E-state index contributed by atoms with van der Waals surface area (Å²) < 4.78 is 10.7. The molecule has 24 heavy (non-hydrogen) atoms. The van der Waals surface area contributed by atoms with Crippen LogP contribution >= 0.6 is 11.6 Å². The van der Waals surface area contributed by atoms with Crippen LogP contribution in [0.1, 0.15) is 28.4 Å². The Morgan fingerprint density at radius 3 is 2.71 bits per heavy atom. The lowest BCUT2D eigenvalue weighted by Crippen LogP contribution is -2.18. The van der Waals surface area contributed by atoms with Crippen LogP contribution in [0.4, 0.5) is 0 Å². The molecule has 1 N–H and O–H groups in total. The lowest BCUT2D eigenvalue weighted by atomic mass is 10.1. The first-order valence-electron chi connectivity index (χ1n) is 7.45. The lowest BCUT2D eigenvalue weighted by Gasteiger charge is -2.09. The number of hydrazone groups is 1. The smallest absolute Gasteiger partial charge is 0.272 e. The molecular weight excluding hydrogens is 328 g/mol. The van der Waals surface area contributed by atoms with Gasteiger partial charge in [0.1, 0.15) is 0 Å². The van der Waals surface area contributed by atoms with Gasteiger partial charge in [-0.25, -0.2) is 5.43 Å². The topological polar surface area (TPSA) is 59.9 Å². The molecule has 2 aromatic rings. The predicted molar refractivity (Wildman–Crippen MR) is 95.4 cm³/mol. The number of carbonyl (C=O) groups is 1. The Hall–Kier alpha value is -2.53. The fourth-order valence-corrected chi connectivity index (χ4v) is 2.39. The van der Waals surface area contributed by atoms with E-state index < -0.39 is 0 Å². The minimum atomic E-state index is -0.367. The molecular formula is C18H19ClN2O3. The van der Waals surface area contributed by atoms with Gasteiger partial charge in [0.15, 0.2) is 11.5 Å². The van der Waals surface area contributed by atoms with Gasteiger partial charge in [0, 0.05) is 0 Å². The Kier molecular flexibility index (Phi) is 6.21. The van der Waals surface area contributed by atoms with Crippen molar-refractivity contribution in [3.63, 3.8) is 0 Å². The van der Waals surface area contributed by atoms with Crippen LogP contribution in [0.25, 0.3) is 0 Å². The lowest BCUT2D eigenvalue weighted by molar-refractivity contribution is 0.0955. The Bertz CT molecular complexity index is 760. The molecule has 0 aliphatic carbocycles. The molecule has 0 atom stereocenters. The number of rotatable bonds is 6. The van der Waals surface area contributed by atoms with Gasteiger partial charge < -0.3 is 9.47 Å². The van der Waals surface area contributed by atoms with Crippen molar-refractivity contribution >= 4 is 23.7 Å². The van der Waals surface area contributed by atoms with E-state index in [1.54, 1.807) is 31.4 Å². The Morgan fingerprint density at radius 1 is 1.25 bits per heavy atom. The number of nitrogens with zero attached hydrogens (tertiary/aromatic N) is 1. The van der Waals surface area contributed by atoms with E-state index in [0.717, 1.165) is 11.1 Å². The van der Waals surface area contributed by atoms with E-state index in [-0.39, 0.29) is 5.91 Å². The van der Waals surface area contributed by atoms with E-state index in [1.165, 1.54) is 6.21 Å². The number of amides is 1. The van der Waals surface area contributed by atoms with Gasteiger partial charge in [-0.3, -0.25) is 4.79 Å². The summed E-state index contributed by atoms with van der Waals surface area (Å²) in [4.78, 5) is 12.1. The quantitative estimate of drug-likeness (QED) is 0.639. The number of hydrogen-bond donors (Lipinski definition) is 1. The maximum atomic E-state index is 12.1. The summed E-state index contributed by atoms with van der Waals surface area (Å²) in [6, 6.07) is 10.6. The summed E-state index contributed by atoms with van der Waals surface area (Å²) in [5.41, 5.74) is 4.59. The zero-order valence-corrected chi connectivity index (χ0v) is 14.6. The standard InChI is InChI=1S/C18H19ClN2O3/c1-4-24-16-8-6-13(10-17(16)23-3)11-20-21-18(22)14-7-5-12(2)9-15(14)19/h5-11H,4H2,1-3H3,(H,21,22)/b20-11+. The second-order valence-electron chi connectivity index (χ2n) is 5.03. The van der Waals surface area contributed by atoms with Crippen LogP contribution in [0.5, 0.6) is 11.5 Å². The molecule has 0 unspecified atom stereocenters. The number of nitrogens with one attached hydrogen (secondary N) is 1. The first-order valence-corrected chi connectivity index (χ1v) is 7.83. The van der Waals surface area contributed by atoms with Crippen molar-refractivity contribution in [3.8, 4) is 11.5 Å².